The van der Waals surface area contributed by atoms with Gasteiger partial charge in [0.2, 0.25) is 5.69 Å². The lowest BCUT2D eigenvalue weighted by Crippen LogP contribution is -2.45. The smallest absolute Gasteiger partial charge is 0.322 e. The standard InChI is InChI=1S/C23H25FN6O3.2C22H25BrFN5O3/c1-5-20(31)14-10-28(4)22(32)21-16-12-29(13(2)8-18(16)27-30(21)11-14)23(33)26-15-6-7-17(24)19(9-15)25-3;2*1-4-19(30)13-9-27(3)21(31)20-15-11-28(12(2)7-18(15)26-29(20)10-13)22(32)25-14-5-6-17(24)16(23)8-14/h5-7,9,13-14,20,31H,1,8,10-12H2,2,4H3,(H,26,33);2*4-6,8,12-13,19,30H,1,7,9-11H2,2-3H3,(H,25,32)/t13-,14+,20+;12-,13+,19+;12-,13+,19-/m111/s1. The number of fused-ring (bicyclic) bond motifs is 9. The highest BCUT2D eigenvalue weighted by atomic mass is 79.9. The van der Waals surface area contributed by atoms with Gasteiger partial charge in [-0.15, -0.1) is 19.7 Å². The first kappa shape index (κ1) is 70.6. The Morgan fingerprint density at radius 1 is 0.526 bits per heavy atom. The van der Waals surface area contributed by atoms with Crippen LogP contribution in [0.3, 0.4) is 0 Å². The number of urea groups is 3. The molecular formula is C67H75Br2F3N16O9. The van der Waals surface area contributed by atoms with Crippen LogP contribution >= 0.6 is 31.9 Å². The monoisotopic (exact) mass is 1460 g/mol. The van der Waals surface area contributed by atoms with Crippen LogP contribution < -0.4 is 16.0 Å². The van der Waals surface area contributed by atoms with Crippen LogP contribution in [0.2, 0.25) is 0 Å². The van der Waals surface area contributed by atoms with Gasteiger partial charge in [0.1, 0.15) is 34.5 Å². The van der Waals surface area contributed by atoms with Gasteiger partial charge in [-0.1, -0.05) is 18.2 Å². The summed E-state index contributed by atoms with van der Waals surface area (Å²) in [4.78, 5) is 91.2. The average Bonchev–Trinajstić information content (AvgIpc) is 1.63. The van der Waals surface area contributed by atoms with Gasteiger partial charge >= 0.3 is 18.1 Å². The number of hydrogen-bond donors (Lipinski definition) is 6. The van der Waals surface area contributed by atoms with Gasteiger partial charge in [0.15, 0.2) is 0 Å². The van der Waals surface area contributed by atoms with Crippen molar-refractivity contribution in [1.82, 2.24) is 58.7 Å². The number of amides is 9. The van der Waals surface area contributed by atoms with Crippen molar-refractivity contribution in [1.29, 1.82) is 0 Å². The molecule has 0 radical (unpaired) electrons. The Morgan fingerprint density at radius 2 is 0.814 bits per heavy atom. The number of carbonyl (C=O) groups excluding carboxylic acids is 6. The molecule has 30 heteroatoms. The molecule has 0 bridgehead atoms. The van der Waals surface area contributed by atoms with Crippen LogP contribution in [0.25, 0.3) is 4.85 Å². The van der Waals surface area contributed by atoms with Crippen LogP contribution in [0.4, 0.5) is 50.3 Å². The molecule has 6 aromatic rings. The van der Waals surface area contributed by atoms with Crippen LogP contribution in [-0.4, -0.2) is 187 Å². The van der Waals surface area contributed by atoms with Crippen LogP contribution in [0.5, 0.6) is 0 Å². The van der Waals surface area contributed by atoms with E-state index in [1.807, 2.05) is 20.8 Å². The highest BCUT2D eigenvalue weighted by molar-refractivity contribution is 9.10. The zero-order valence-electron chi connectivity index (χ0n) is 54.2. The van der Waals surface area contributed by atoms with E-state index in [1.165, 1.54) is 66.8 Å². The number of benzene rings is 3. The van der Waals surface area contributed by atoms with E-state index < -0.39 is 41.8 Å². The summed E-state index contributed by atoms with van der Waals surface area (Å²) in [6, 6.07) is 10.8. The molecule has 9 amide bonds. The molecule has 9 heterocycles. The summed E-state index contributed by atoms with van der Waals surface area (Å²) in [6.45, 7) is 26.6. The van der Waals surface area contributed by atoms with E-state index in [4.69, 9.17) is 6.57 Å². The summed E-state index contributed by atoms with van der Waals surface area (Å²) in [7, 11) is 5.07. The first-order chi connectivity index (χ1) is 46.1. The second kappa shape index (κ2) is 29.3. The number of nitrogens with one attached hydrogen (secondary N) is 3. The van der Waals surface area contributed by atoms with E-state index in [2.05, 4.69) is 87.7 Å². The molecule has 0 saturated carbocycles. The molecule has 0 spiro atoms. The quantitative estimate of drug-likeness (QED) is 0.0585. The van der Waals surface area contributed by atoms with Crippen LogP contribution in [0.15, 0.2) is 102 Å². The van der Waals surface area contributed by atoms with Gasteiger partial charge in [-0.05, 0) is 107 Å². The summed E-state index contributed by atoms with van der Waals surface area (Å²) >= 11 is 6.25. The Labute approximate surface area is 574 Å². The van der Waals surface area contributed by atoms with E-state index >= 15 is 0 Å². The van der Waals surface area contributed by atoms with Gasteiger partial charge in [-0.3, -0.25) is 28.4 Å². The second-order valence-electron chi connectivity index (χ2n) is 25.3. The molecule has 3 aromatic heterocycles. The Hall–Kier alpha value is -9.15. The summed E-state index contributed by atoms with van der Waals surface area (Å²) in [5, 5.41) is 53.2. The van der Waals surface area contributed by atoms with E-state index in [1.54, 1.807) is 64.6 Å². The lowest BCUT2D eigenvalue weighted by Gasteiger charge is -2.33. The fraction of sp³-hybridized carbons (Fsp3) is 0.403. The molecule has 6 aliphatic rings. The maximum atomic E-state index is 13.6. The number of carbonyl (C=O) groups is 6. The Balaban J connectivity index is 0.000000158. The fourth-order valence-electron chi connectivity index (χ4n) is 13.0. The Morgan fingerprint density at radius 3 is 1.09 bits per heavy atom. The lowest BCUT2D eigenvalue weighted by molar-refractivity contribution is 0.0716. The van der Waals surface area contributed by atoms with Crippen molar-refractivity contribution < 1.29 is 57.3 Å². The van der Waals surface area contributed by atoms with Crippen molar-refractivity contribution in [2.24, 2.45) is 17.8 Å². The third-order valence-electron chi connectivity index (χ3n) is 18.5. The molecule has 0 fully saturated rings. The van der Waals surface area contributed by atoms with E-state index in [9.17, 15) is 57.3 Å². The van der Waals surface area contributed by atoms with Gasteiger partial charge < -0.3 is 60.7 Å². The molecule has 12 rings (SSSR count). The van der Waals surface area contributed by atoms with Gasteiger partial charge in [-0.25, -0.2) is 32.4 Å². The van der Waals surface area contributed by atoms with Crippen molar-refractivity contribution in [3.63, 3.8) is 0 Å². The summed E-state index contributed by atoms with van der Waals surface area (Å²) in [5.74, 6) is -2.75. The molecule has 0 saturated heterocycles. The van der Waals surface area contributed by atoms with Crippen LogP contribution in [-0.2, 0) is 58.5 Å². The number of aliphatic hydroxyl groups is 3. The Kier molecular flexibility index (Phi) is 21.3. The zero-order valence-corrected chi connectivity index (χ0v) is 57.4. The van der Waals surface area contributed by atoms with Crippen molar-refractivity contribution in [3.05, 3.63) is 181 Å². The third-order valence-corrected chi connectivity index (χ3v) is 19.7. The number of aliphatic hydroxyl groups excluding tert-OH is 3. The maximum absolute atomic E-state index is 13.6. The zero-order chi connectivity index (χ0) is 70.2. The SMILES string of the molecule is C=C[C@@H](O)[C@H]1CN(C)C(=O)c2c3c(nn2C1)C[C@@H](C)N(C(=O)Nc1ccc(F)c(Br)c1)C3.C=C[C@H](O)[C@H]1CN(C)C(=O)c2c3c(nn2C1)C[C@@H](C)N(C(=O)Nc1ccc(F)c(Br)c1)C3.[C-]#[N+]c1cc(NC(=O)N2Cc3c(nn4c3C(=O)N(C)C[C@H]([C@@H](O)C=C)C4)C[C@H]2C)ccc1F. The van der Waals surface area contributed by atoms with Crippen LogP contribution in [0, 0.1) is 41.8 Å². The maximum Gasteiger partial charge on any atom is 0.322 e. The molecule has 0 aliphatic carbocycles. The first-order valence-corrected chi connectivity index (χ1v) is 32.9. The molecule has 6 aliphatic heterocycles. The topological polar surface area (TPSA) is 276 Å². The highest BCUT2D eigenvalue weighted by Gasteiger charge is 2.42. The first-order valence-electron chi connectivity index (χ1n) is 31.4. The number of halogens is 5. The minimum atomic E-state index is -0.773. The van der Waals surface area contributed by atoms with Crippen molar-refractivity contribution >= 4 is 90.4 Å². The normalized spacial score (nSPS) is 21.3. The van der Waals surface area contributed by atoms with Crippen molar-refractivity contribution in [2.75, 3.05) is 56.7 Å². The third kappa shape index (κ3) is 14.8. The number of nitrogens with zero attached hydrogens (tertiary/aromatic N) is 13. The lowest BCUT2D eigenvalue weighted by atomic mass is 9.99. The average molecular weight is 1470 g/mol. The number of anilines is 3. The molecule has 97 heavy (non-hydrogen) atoms. The molecule has 9 atom stereocenters. The Bertz CT molecular complexity index is 4000. The largest absolute Gasteiger partial charge is 0.389 e. The highest BCUT2D eigenvalue weighted by Crippen LogP contribution is 2.35. The van der Waals surface area contributed by atoms with E-state index in [-0.39, 0.29) is 99.9 Å². The summed E-state index contributed by atoms with van der Waals surface area (Å²) < 4.78 is 46.1. The van der Waals surface area contributed by atoms with Gasteiger partial charge in [-0.2, -0.15) is 15.3 Å². The fourth-order valence-corrected chi connectivity index (χ4v) is 13.8. The predicted molar refractivity (Wildman–Crippen MR) is 361 cm³/mol. The minimum absolute atomic E-state index is 0.145. The summed E-state index contributed by atoms with van der Waals surface area (Å²) in [6.07, 6.45) is 3.58. The van der Waals surface area contributed by atoms with Crippen molar-refractivity contribution in [3.8, 4) is 0 Å². The van der Waals surface area contributed by atoms with Gasteiger partial charge in [0, 0.05) is 149 Å². The molecule has 3 aromatic carbocycles. The minimum Gasteiger partial charge on any atom is -0.389 e. The molecular weight excluding hydrogens is 1390 g/mol. The van der Waals surface area contributed by atoms with Crippen LogP contribution in [0.1, 0.15) is 86.0 Å². The molecule has 512 valence electrons. The second-order valence-corrected chi connectivity index (χ2v) is 27.0. The number of rotatable bonds is 9. The molecule has 0 unspecified atom stereocenters. The van der Waals surface area contributed by atoms with E-state index in [0.717, 1.165) is 34.3 Å². The summed E-state index contributed by atoms with van der Waals surface area (Å²) in [5.41, 5.74) is 6.88. The van der Waals surface area contributed by atoms with E-state index in [0.29, 0.717) is 98.2 Å². The number of aromatic nitrogens is 6. The van der Waals surface area contributed by atoms with Gasteiger partial charge in [0.05, 0.1) is 70.5 Å². The number of hydrogen-bond acceptors (Lipinski definition) is 12. The van der Waals surface area contributed by atoms with Gasteiger partial charge in [0.25, 0.3) is 17.7 Å². The molecule has 25 nitrogen and oxygen atoms in total. The predicted octanol–water partition coefficient (Wildman–Crippen LogP) is 8.82. The van der Waals surface area contributed by atoms with Crippen molar-refractivity contribution in [2.45, 2.75) is 116 Å². The molecule has 6 N–H and O–H groups in total.